The van der Waals surface area contributed by atoms with Gasteiger partial charge >= 0.3 is 17.9 Å². The molecule has 0 amide bonds. The van der Waals surface area contributed by atoms with E-state index in [1.165, 1.54) is 20.8 Å². The minimum Gasteiger partial charge on any atom is -0.459 e. The molecule has 5 aliphatic rings. The molecule has 0 aromatic carbocycles. The Morgan fingerprint density at radius 3 is 2.31 bits per heavy atom. The summed E-state index contributed by atoms with van der Waals surface area (Å²) in [6, 6.07) is 0. The molecule has 5 rings (SSSR count). The van der Waals surface area contributed by atoms with Crippen molar-refractivity contribution in [2.45, 2.75) is 94.4 Å². The van der Waals surface area contributed by atoms with Crippen LogP contribution in [0.1, 0.15) is 34.6 Å². The Morgan fingerprint density at radius 2 is 1.71 bits per heavy atom. The van der Waals surface area contributed by atoms with E-state index in [1.807, 2.05) is 0 Å². The quantitative estimate of drug-likeness (QED) is 0.175. The van der Waals surface area contributed by atoms with Gasteiger partial charge in [0, 0.05) is 31.1 Å². The third kappa shape index (κ3) is 3.33. The molecule has 2 saturated carbocycles. The topological polar surface area (TPSA) is 144 Å². The van der Waals surface area contributed by atoms with E-state index in [2.05, 4.69) is 6.58 Å². The van der Waals surface area contributed by atoms with Crippen molar-refractivity contribution in [3.8, 4) is 0 Å². The molecule has 0 radical (unpaired) electrons. The van der Waals surface area contributed by atoms with E-state index < -0.39 is 101 Å². The lowest BCUT2D eigenvalue weighted by atomic mass is 9.53. The zero-order chi connectivity index (χ0) is 25.8. The summed E-state index contributed by atoms with van der Waals surface area (Å²) >= 11 is 6.71. The van der Waals surface area contributed by atoms with Crippen molar-refractivity contribution >= 4 is 29.5 Å². The summed E-state index contributed by atoms with van der Waals surface area (Å²) in [5.74, 6) is -4.45. The molecule has 0 spiro atoms. The van der Waals surface area contributed by atoms with Crippen molar-refractivity contribution in [1.82, 2.24) is 0 Å². The van der Waals surface area contributed by atoms with Gasteiger partial charge in [-0.2, -0.15) is 0 Å². The molecule has 194 valence electrons. The largest absolute Gasteiger partial charge is 0.459 e. The standard InChI is InChI=1S/C24H31ClO10/c1-7-12-19(32-11(5)27)24(30)9(3)22(29)35-20(24)13(25)8(2)15-16(33-15)18(28)23(12,6)21-17(34-21)14(7)31-10(4)26/h7,9,12-21,28,30H,2H2,1,3-6H3/t7-,9+,12-,13+,14-,15-,16-,17+,18-,19-,20+,21+,23+,24-/m1/s1. The third-order valence-electron chi connectivity index (χ3n) is 8.85. The lowest BCUT2D eigenvalue weighted by Crippen LogP contribution is -2.68. The fraction of sp³-hybridized carbons (Fsp3) is 0.792. The molecule has 14 atom stereocenters. The van der Waals surface area contributed by atoms with Gasteiger partial charge in [0.15, 0.2) is 11.7 Å². The Bertz CT molecular complexity index is 985. The van der Waals surface area contributed by atoms with Crippen molar-refractivity contribution in [2.75, 3.05) is 0 Å². The number of hydrogen-bond acceptors (Lipinski definition) is 10. The van der Waals surface area contributed by atoms with E-state index in [4.69, 9.17) is 35.3 Å². The van der Waals surface area contributed by atoms with Gasteiger partial charge < -0.3 is 33.9 Å². The second kappa shape index (κ2) is 7.89. The molecule has 0 unspecified atom stereocenters. The molecule has 10 nitrogen and oxygen atoms in total. The molecule has 35 heavy (non-hydrogen) atoms. The normalized spacial score (nSPS) is 54.3. The van der Waals surface area contributed by atoms with Crippen molar-refractivity contribution in [1.29, 1.82) is 0 Å². The van der Waals surface area contributed by atoms with Crippen LogP contribution < -0.4 is 0 Å². The van der Waals surface area contributed by atoms with Crippen molar-refractivity contribution in [3.05, 3.63) is 12.2 Å². The SMILES string of the molecule is C=C1[C@H]2O[C@H]2[C@@H](O)[C@]2(C)[C@H]([C@@H](C)[C@@H](OC(C)=O)[C@@H]3O[C@@H]32)[C@@H](OC(C)=O)[C@]2(O)[C@@H](C)C(=O)O[C@H]2[C@H]1Cl. The fourth-order valence-corrected chi connectivity index (χ4v) is 7.31. The second-order valence-electron chi connectivity index (χ2n) is 10.8. The maximum Gasteiger partial charge on any atom is 0.312 e. The van der Waals surface area contributed by atoms with Crippen LogP contribution in [0.5, 0.6) is 0 Å². The first-order valence-corrected chi connectivity index (χ1v) is 12.3. The number of rotatable bonds is 2. The van der Waals surface area contributed by atoms with Crippen LogP contribution >= 0.6 is 11.6 Å². The predicted molar refractivity (Wildman–Crippen MR) is 118 cm³/mol. The molecule has 2 N–H and O–H groups in total. The average molecular weight is 515 g/mol. The Kier molecular flexibility index (Phi) is 5.62. The minimum atomic E-state index is -2.08. The molecular weight excluding hydrogens is 484 g/mol. The summed E-state index contributed by atoms with van der Waals surface area (Å²) in [7, 11) is 0. The number of epoxide rings is 2. The van der Waals surface area contributed by atoms with E-state index in [0.29, 0.717) is 5.57 Å². The first kappa shape index (κ1) is 25.0. The van der Waals surface area contributed by atoms with Crippen LogP contribution in [0.25, 0.3) is 0 Å². The molecule has 0 aromatic rings. The molecule has 3 aliphatic heterocycles. The highest BCUT2D eigenvalue weighted by molar-refractivity contribution is 6.23. The summed E-state index contributed by atoms with van der Waals surface area (Å²) in [4.78, 5) is 37.1. The molecule has 0 bridgehead atoms. The van der Waals surface area contributed by atoms with Gasteiger partial charge in [0.2, 0.25) is 0 Å². The van der Waals surface area contributed by atoms with Gasteiger partial charge in [0.1, 0.15) is 30.5 Å². The molecule has 3 saturated heterocycles. The number of aliphatic hydroxyl groups is 2. The number of aliphatic hydroxyl groups excluding tert-OH is 1. The van der Waals surface area contributed by atoms with E-state index in [9.17, 15) is 24.6 Å². The number of esters is 3. The van der Waals surface area contributed by atoms with Crippen LogP contribution in [-0.2, 0) is 38.1 Å². The number of halogens is 1. The van der Waals surface area contributed by atoms with Crippen molar-refractivity contribution in [3.63, 3.8) is 0 Å². The number of carbonyl (C=O) groups excluding carboxylic acids is 3. The maximum absolute atomic E-state index is 12.8. The Labute approximate surface area is 207 Å². The summed E-state index contributed by atoms with van der Waals surface area (Å²) in [6.07, 6.45) is -6.88. The van der Waals surface area contributed by atoms with Gasteiger partial charge in [-0.15, -0.1) is 11.6 Å². The predicted octanol–water partition coefficient (Wildman–Crippen LogP) is 0.488. The first-order chi connectivity index (χ1) is 16.3. The van der Waals surface area contributed by atoms with E-state index >= 15 is 0 Å². The number of ether oxygens (including phenoxy) is 5. The lowest BCUT2D eigenvalue weighted by Gasteiger charge is -2.54. The van der Waals surface area contributed by atoms with Crippen molar-refractivity contribution in [2.24, 2.45) is 23.2 Å². The maximum atomic E-state index is 12.8. The number of carbonyl (C=O) groups is 3. The summed E-state index contributed by atoms with van der Waals surface area (Å²) < 4.78 is 28.7. The minimum absolute atomic E-state index is 0.347. The average Bonchev–Trinajstić information content (AvgIpc) is 3.69. The zero-order valence-electron chi connectivity index (χ0n) is 20.2. The van der Waals surface area contributed by atoms with Gasteiger partial charge in [-0.05, 0) is 12.5 Å². The molecular formula is C24H31ClO10. The van der Waals surface area contributed by atoms with Gasteiger partial charge in [0.05, 0.1) is 23.5 Å². The van der Waals surface area contributed by atoms with Gasteiger partial charge in [-0.3, -0.25) is 14.4 Å². The first-order valence-electron chi connectivity index (χ1n) is 11.8. The molecule has 3 heterocycles. The smallest absolute Gasteiger partial charge is 0.312 e. The highest BCUT2D eigenvalue weighted by Crippen LogP contribution is 2.63. The van der Waals surface area contributed by atoms with E-state index in [0.717, 1.165) is 0 Å². The summed E-state index contributed by atoms with van der Waals surface area (Å²) in [5, 5.41) is 22.9. The van der Waals surface area contributed by atoms with E-state index in [1.54, 1.807) is 13.8 Å². The van der Waals surface area contributed by atoms with Crippen LogP contribution in [0.15, 0.2) is 12.2 Å². The highest BCUT2D eigenvalue weighted by atomic mass is 35.5. The van der Waals surface area contributed by atoms with Crippen LogP contribution in [0.2, 0.25) is 0 Å². The van der Waals surface area contributed by atoms with Gasteiger partial charge in [-0.25, -0.2) is 0 Å². The molecule has 0 aromatic heterocycles. The summed E-state index contributed by atoms with van der Waals surface area (Å²) in [5.41, 5.74) is -2.85. The van der Waals surface area contributed by atoms with Crippen LogP contribution in [0.3, 0.4) is 0 Å². The van der Waals surface area contributed by atoms with Gasteiger partial charge in [0.25, 0.3) is 0 Å². The third-order valence-corrected chi connectivity index (χ3v) is 9.36. The fourth-order valence-electron chi connectivity index (χ4n) is 6.93. The van der Waals surface area contributed by atoms with E-state index in [-0.39, 0.29) is 0 Å². The van der Waals surface area contributed by atoms with Gasteiger partial charge in [-0.1, -0.05) is 20.4 Å². The van der Waals surface area contributed by atoms with Crippen molar-refractivity contribution < 1.29 is 48.3 Å². The number of fused-ring (bicyclic) bond motifs is 5. The molecule has 5 fully saturated rings. The summed E-state index contributed by atoms with van der Waals surface area (Å²) in [6.45, 7) is 11.5. The lowest BCUT2D eigenvalue weighted by molar-refractivity contribution is -0.223. The number of hydrogen-bond donors (Lipinski definition) is 2. The van der Waals surface area contributed by atoms with Crippen LogP contribution in [0.4, 0.5) is 0 Å². The van der Waals surface area contributed by atoms with Crippen LogP contribution in [0, 0.1) is 23.2 Å². The highest BCUT2D eigenvalue weighted by Gasteiger charge is 2.77. The zero-order valence-corrected chi connectivity index (χ0v) is 20.9. The Hall–Kier alpha value is -1.72. The Morgan fingerprint density at radius 1 is 1.09 bits per heavy atom. The number of alkyl halides is 1. The monoisotopic (exact) mass is 514 g/mol. The molecule has 11 heteroatoms. The molecule has 2 aliphatic carbocycles. The Balaban J connectivity index is 1.72. The van der Waals surface area contributed by atoms with Crippen LogP contribution in [-0.4, -0.2) is 87.9 Å². The second-order valence-corrected chi connectivity index (χ2v) is 11.3.